The van der Waals surface area contributed by atoms with Gasteiger partial charge in [-0.15, -0.1) is 0 Å². The van der Waals surface area contributed by atoms with Gasteiger partial charge in [-0.1, -0.05) is 26.2 Å². The van der Waals surface area contributed by atoms with Crippen LogP contribution in [0.1, 0.15) is 44.6 Å². The SMILES string of the molecule is CCCCCCc1cc2cn([C@@H]3O[C@H](CO)[C@@H](O)[C@H]3O)c(=O)nc2o1. The third-order valence-corrected chi connectivity index (χ3v) is 4.56. The molecule has 0 amide bonds. The fourth-order valence-electron chi connectivity index (χ4n) is 3.12. The Hall–Kier alpha value is -1.74. The molecule has 0 bridgehead atoms. The molecule has 0 spiro atoms. The number of unbranched alkanes of at least 4 members (excludes halogenated alkanes) is 3. The molecule has 2 aromatic rings. The van der Waals surface area contributed by atoms with Crippen molar-refractivity contribution in [3.8, 4) is 0 Å². The van der Waals surface area contributed by atoms with E-state index >= 15 is 0 Å². The van der Waals surface area contributed by atoms with Gasteiger partial charge in [-0.2, -0.15) is 4.98 Å². The maximum Gasteiger partial charge on any atom is 0.353 e. The number of fused-ring (bicyclic) bond motifs is 1. The van der Waals surface area contributed by atoms with Crippen LogP contribution in [0.4, 0.5) is 0 Å². The summed E-state index contributed by atoms with van der Waals surface area (Å²) in [6.45, 7) is 1.70. The lowest BCUT2D eigenvalue weighted by atomic mass is 10.1. The number of rotatable bonds is 7. The number of aliphatic hydroxyl groups excluding tert-OH is 3. The fourth-order valence-corrected chi connectivity index (χ4v) is 3.12. The maximum atomic E-state index is 12.2. The second-order valence-electron chi connectivity index (χ2n) is 6.44. The van der Waals surface area contributed by atoms with E-state index in [1.165, 1.54) is 12.6 Å². The Labute approximate surface area is 144 Å². The van der Waals surface area contributed by atoms with E-state index in [1.54, 1.807) is 0 Å². The van der Waals surface area contributed by atoms with Crippen LogP contribution in [0.25, 0.3) is 11.1 Å². The van der Waals surface area contributed by atoms with Crippen molar-refractivity contribution in [1.82, 2.24) is 9.55 Å². The van der Waals surface area contributed by atoms with Crippen LogP contribution in [-0.4, -0.2) is 49.8 Å². The average molecular weight is 352 g/mol. The summed E-state index contributed by atoms with van der Waals surface area (Å²) in [6.07, 6.45) is 2.11. The van der Waals surface area contributed by atoms with E-state index < -0.39 is 36.8 Å². The second-order valence-corrected chi connectivity index (χ2v) is 6.44. The molecule has 1 aliphatic rings. The van der Waals surface area contributed by atoms with Gasteiger partial charge in [0.2, 0.25) is 5.71 Å². The predicted molar refractivity (Wildman–Crippen MR) is 89.1 cm³/mol. The van der Waals surface area contributed by atoms with Gasteiger partial charge < -0.3 is 24.5 Å². The first kappa shape index (κ1) is 18.1. The minimum atomic E-state index is -1.32. The molecular formula is C17H24N2O6. The van der Waals surface area contributed by atoms with Crippen molar-refractivity contribution in [3.05, 3.63) is 28.5 Å². The number of nitrogens with zero attached hydrogens (tertiary/aromatic N) is 2. The Morgan fingerprint density at radius 2 is 2.04 bits per heavy atom. The van der Waals surface area contributed by atoms with Crippen molar-refractivity contribution in [2.75, 3.05) is 6.61 Å². The zero-order valence-electron chi connectivity index (χ0n) is 14.2. The van der Waals surface area contributed by atoms with Crippen LogP contribution in [0.3, 0.4) is 0 Å². The minimum absolute atomic E-state index is 0.249. The third kappa shape index (κ3) is 3.62. The van der Waals surface area contributed by atoms with E-state index in [0.29, 0.717) is 5.39 Å². The Kier molecular flexibility index (Phi) is 5.53. The molecule has 1 fully saturated rings. The number of aryl methyl sites for hydroxylation is 1. The molecule has 3 N–H and O–H groups in total. The van der Waals surface area contributed by atoms with E-state index in [0.717, 1.165) is 36.0 Å². The molecule has 8 heteroatoms. The van der Waals surface area contributed by atoms with E-state index in [4.69, 9.17) is 14.3 Å². The van der Waals surface area contributed by atoms with Crippen molar-refractivity contribution in [1.29, 1.82) is 0 Å². The fraction of sp³-hybridized carbons (Fsp3) is 0.647. The summed E-state index contributed by atoms with van der Waals surface area (Å²) in [5.41, 5.74) is -0.396. The number of aliphatic hydroxyl groups is 3. The average Bonchev–Trinajstić information content (AvgIpc) is 3.12. The zero-order valence-corrected chi connectivity index (χ0v) is 14.2. The molecule has 25 heavy (non-hydrogen) atoms. The maximum absolute atomic E-state index is 12.2. The van der Waals surface area contributed by atoms with Crippen molar-refractivity contribution in [3.63, 3.8) is 0 Å². The number of aromatic nitrogens is 2. The summed E-state index contributed by atoms with van der Waals surface area (Å²) in [7, 11) is 0. The summed E-state index contributed by atoms with van der Waals surface area (Å²) >= 11 is 0. The number of ether oxygens (including phenoxy) is 1. The standard InChI is InChI=1S/C17H24N2O6/c1-2-3-4-5-6-11-7-10-8-19(17(23)18-15(10)24-11)16-14(22)13(21)12(9-20)25-16/h7-8,12-14,16,20-22H,2-6,9H2,1H3/t12-,13-,14-,16-/m1/s1. The van der Waals surface area contributed by atoms with Crippen LogP contribution in [0.2, 0.25) is 0 Å². The Bertz CT molecular complexity index is 770. The van der Waals surface area contributed by atoms with Crippen molar-refractivity contribution in [2.24, 2.45) is 0 Å². The smallest absolute Gasteiger partial charge is 0.353 e. The first-order valence-electron chi connectivity index (χ1n) is 8.69. The molecule has 3 rings (SSSR count). The van der Waals surface area contributed by atoms with Gasteiger partial charge in [-0.3, -0.25) is 4.57 Å². The summed E-state index contributed by atoms with van der Waals surface area (Å²) in [6, 6.07) is 1.82. The lowest BCUT2D eigenvalue weighted by molar-refractivity contribution is -0.0547. The van der Waals surface area contributed by atoms with Crippen molar-refractivity contribution in [2.45, 2.75) is 63.6 Å². The topological polar surface area (TPSA) is 118 Å². The number of hydrogen-bond donors (Lipinski definition) is 3. The summed E-state index contributed by atoms with van der Waals surface area (Å²) in [5, 5.41) is 29.7. The Balaban J connectivity index is 1.83. The van der Waals surface area contributed by atoms with Crippen molar-refractivity contribution < 1.29 is 24.5 Å². The summed E-state index contributed by atoms with van der Waals surface area (Å²) in [5.74, 6) is 0.761. The number of furan rings is 1. The lowest BCUT2D eigenvalue weighted by Gasteiger charge is -2.16. The quantitative estimate of drug-likeness (QED) is 0.629. The number of hydrogen-bond acceptors (Lipinski definition) is 7. The van der Waals surface area contributed by atoms with Crippen LogP contribution < -0.4 is 5.69 Å². The molecule has 0 aliphatic carbocycles. The molecule has 1 aliphatic heterocycles. The van der Waals surface area contributed by atoms with Gasteiger partial charge >= 0.3 is 5.69 Å². The van der Waals surface area contributed by atoms with Gasteiger partial charge in [-0.05, 0) is 12.5 Å². The predicted octanol–water partition coefficient (Wildman–Crippen LogP) is 0.724. The molecule has 0 saturated carbocycles. The highest BCUT2D eigenvalue weighted by atomic mass is 16.6. The first-order valence-corrected chi connectivity index (χ1v) is 8.69. The van der Waals surface area contributed by atoms with E-state index in [2.05, 4.69) is 11.9 Å². The van der Waals surface area contributed by atoms with Crippen LogP contribution >= 0.6 is 0 Å². The van der Waals surface area contributed by atoms with Crippen LogP contribution in [-0.2, 0) is 11.2 Å². The molecular weight excluding hydrogens is 328 g/mol. The molecule has 1 saturated heterocycles. The second kappa shape index (κ2) is 7.65. The molecule has 3 heterocycles. The van der Waals surface area contributed by atoms with Crippen LogP contribution in [0.5, 0.6) is 0 Å². The largest absolute Gasteiger partial charge is 0.443 e. The highest BCUT2D eigenvalue weighted by Gasteiger charge is 2.43. The molecule has 4 atom stereocenters. The van der Waals surface area contributed by atoms with Crippen LogP contribution in [0, 0.1) is 0 Å². The Morgan fingerprint density at radius 1 is 1.24 bits per heavy atom. The van der Waals surface area contributed by atoms with Gasteiger partial charge in [0.05, 0.1) is 12.0 Å². The van der Waals surface area contributed by atoms with Crippen LogP contribution in [0.15, 0.2) is 21.5 Å². The van der Waals surface area contributed by atoms with Gasteiger partial charge in [0.1, 0.15) is 24.1 Å². The van der Waals surface area contributed by atoms with Gasteiger partial charge in [0.15, 0.2) is 6.23 Å². The van der Waals surface area contributed by atoms with Gasteiger partial charge in [0, 0.05) is 12.6 Å². The van der Waals surface area contributed by atoms with Crippen molar-refractivity contribution >= 4 is 11.1 Å². The summed E-state index contributed by atoms with van der Waals surface area (Å²) in [4.78, 5) is 16.1. The van der Waals surface area contributed by atoms with Gasteiger partial charge in [-0.25, -0.2) is 4.79 Å². The van der Waals surface area contributed by atoms with E-state index in [1.807, 2.05) is 6.07 Å². The first-order chi connectivity index (χ1) is 12.0. The monoisotopic (exact) mass is 352 g/mol. The van der Waals surface area contributed by atoms with E-state index in [9.17, 15) is 15.0 Å². The van der Waals surface area contributed by atoms with Gasteiger partial charge in [0.25, 0.3) is 0 Å². The molecule has 0 unspecified atom stereocenters. The highest BCUT2D eigenvalue weighted by Crippen LogP contribution is 2.29. The lowest BCUT2D eigenvalue weighted by Crippen LogP contribution is -2.35. The molecule has 0 aromatic carbocycles. The normalized spacial score (nSPS) is 26.6. The summed E-state index contributed by atoms with van der Waals surface area (Å²) < 4.78 is 12.1. The zero-order chi connectivity index (χ0) is 18.0. The molecule has 8 nitrogen and oxygen atoms in total. The molecule has 0 radical (unpaired) electrons. The minimum Gasteiger partial charge on any atom is -0.443 e. The van der Waals surface area contributed by atoms with E-state index in [-0.39, 0.29) is 5.71 Å². The molecule has 138 valence electrons. The Morgan fingerprint density at radius 3 is 2.72 bits per heavy atom. The highest BCUT2D eigenvalue weighted by molar-refractivity contribution is 5.72. The molecule has 2 aromatic heterocycles. The third-order valence-electron chi connectivity index (χ3n) is 4.56.